The van der Waals surface area contributed by atoms with Gasteiger partial charge in [-0.05, 0) is 25.1 Å². The largest absolute Gasteiger partial charge is 0.303 e. The molecule has 1 rings (SSSR count). The molecule has 1 aromatic rings. The van der Waals surface area contributed by atoms with Crippen molar-refractivity contribution in [2.24, 2.45) is 0 Å². The molecule has 0 atom stereocenters. The van der Waals surface area contributed by atoms with Gasteiger partial charge in [-0.1, -0.05) is 44.2 Å². The van der Waals surface area contributed by atoms with Crippen LogP contribution in [0.1, 0.15) is 25.8 Å². The van der Waals surface area contributed by atoms with Crippen molar-refractivity contribution in [3.05, 3.63) is 35.9 Å². The molecular weight excluding hydrogens is 214 g/mol. The normalized spacial score (nSPS) is 10.9. The van der Waals surface area contributed by atoms with E-state index in [0.29, 0.717) is 0 Å². The van der Waals surface area contributed by atoms with Gasteiger partial charge in [0, 0.05) is 18.1 Å². The average Bonchev–Trinajstić information content (AvgIpc) is 2.34. The van der Waals surface area contributed by atoms with E-state index in [1.165, 1.54) is 37.4 Å². The SMILES string of the molecule is CCCN(CC)CCSCc1ccccc1. The molecule has 0 aliphatic carbocycles. The predicted molar refractivity (Wildman–Crippen MR) is 75.0 cm³/mol. The summed E-state index contributed by atoms with van der Waals surface area (Å²) in [5.41, 5.74) is 1.44. The van der Waals surface area contributed by atoms with E-state index in [0.717, 1.165) is 5.75 Å². The number of rotatable bonds is 8. The number of nitrogens with zero attached hydrogens (tertiary/aromatic N) is 1. The highest BCUT2D eigenvalue weighted by Crippen LogP contribution is 2.11. The van der Waals surface area contributed by atoms with Crippen LogP contribution in [0.5, 0.6) is 0 Å². The molecule has 0 heterocycles. The molecule has 0 spiro atoms. The molecule has 2 heteroatoms. The summed E-state index contributed by atoms with van der Waals surface area (Å²) in [5.74, 6) is 2.38. The summed E-state index contributed by atoms with van der Waals surface area (Å²) in [6.07, 6.45) is 1.26. The summed E-state index contributed by atoms with van der Waals surface area (Å²) in [6.45, 7) is 8.14. The van der Waals surface area contributed by atoms with Gasteiger partial charge in [0.05, 0.1) is 0 Å². The number of hydrogen-bond acceptors (Lipinski definition) is 2. The van der Waals surface area contributed by atoms with Crippen molar-refractivity contribution in [1.29, 1.82) is 0 Å². The van der Waals surface area contributed by atoms with Crippen molar-refractivity contribution in [3.8, 4) is 0 Å². The maximum absolute atomic E-state index is 2.53. The van der Waals surface area contributed by atoms with Gasteiger partial charge in [0.25, 0.3) is 0 Å². The molecule has 0 amide bonds. The van der Waals surface area contributed by atoms with E-state index in [1.807, 2.05) is 11.8 Å². The zero-order valence-corrected chi connectivity index (χ0v) is 11.3. The van der Waals surface area contributed by atoms with Gasteiger partial charge < -0.3 is 4.90 Å². The summed E-state index contributed by atoms with van der Waals surface area (Å²) in [5, 5.41) is 0. The van der Waals surface area contributed by atoms with E-state index in [9.17, 15) is 0 Å². The van der Waals surface area contributed by atoms with Crippen LogP contribution in [0.2, 0.25) is 0 Å². The van der Waals surface area contributed by atoms with E-state index in [4.69, 9.17) is 0 Å². The average molecular weight is 237 g/mol. The van der Waals surface area contributed by atoms with Crippen LogP contribution in [0, 0.1) is 0 Å². The molecule has 1 nitrogen and oxygen atoms in total. The quantitative estimate of drug-likeness (QED) is 0.635. The van der Waals surface area contributed by atoms with Crippen LogP contribution in [0.3, 0.4) is 0 Å². The van der Waals surface area contributed by atoms with Crippen molar-refractivity contribution < 1.29 is 0 Å². The lowest BCUT2D eigenvalue weighted by molar-refractivity contribution is 0.307. The van der Waals surface area contributed by atoms with E-state index >= 15 is 0 Å². The van der Waals surface area contributed by atoms with Crippen LogP contribution in [-0.2, 0) is 5.75 Å². The van der Waals surface area contributed by atoms with Gasteiger partial charge in [-0.15, -0.1) is 0 Å². The van der Waals surface area contributed by atoms with Crippen LogP contribution in [-0.4, -0.2) is 30.3 Å². The maximum Gasteiger partial charge on any atom is 0.0185 e. The first-order valence-electron chi connectivity index (χ1n) is 6.20. The molecule has 0 N–H and O–H groups in total. The minimum absolute atomic E-state index is 1.14. The van der Waals surface area contributed by atoms with Crippen molar-refractivity contribution >= 4 is 11.8 Å². The van der Waals surface area contributed by atoms with Gasteiger partial charge in [0.1, 0.15) is 0 Å². The van der Waals surface area contributed by atoms with E-state index < -0.39 is 0 Å². The Hall–Kier alpha value is -0.470. The molecular formula is C14H23NS. The number of hydrogen-bond donors (Lipinski definition) is 0. The summed E-state index contributed by atoms with van der Waals surface area (Å²) in [4.78, 5) is 2.53. The first kappa shape index (κ1) is 13.6. The van der Waals surface area contributed by atoms with Crippen molar-refractivity contribution in [2.75, 3.05) is 25.4 Å². The van der Waals surface area contributed by atoms with E-state index in [-0.39, 0.29) is 0 Å². The molecule has 0 bridgehead atoms. The van der Waals surface area contributed by atoms with Crippen LogP contribution in [0.15, 0.2) is 30.3 Å². The van der Waals surface area contributed by atoms with Crippen LogP contribution >= 0.6 is 11.8 Å². The molecule has 0 aliphatic heterocycles. The number of benzene rings is 1. The highest BCUT2D eigenvalue weighted by atomic mass is 32.2. The summed E-state index contributed by atoms with van der Waals surface area (Å²) >= 11 is 2.03. The fourth-order valence-corrected chi connectivity index (χ4v) is 2.66. The van der Waals surface area contributed by atoms with Crippen LogP contribution in [0.4, 0.5) is 0 Å². The first-order chi connectivity index (χ1) is 7.86. The molecule has 0 unspecified atom stereocenters. The molecule has 16 heavy (non-hydrogen) atoms. The third-order valence-corrected chi connectivity index (χ3v) is 3.66. The molecule has 1 aromatic carbocycles. The zero-order valence-electron chi connectivity index (χ0n) is 10.5. The van der Waals surface area contributed by atoms with E-state index in [1.54, 1.807) is 0 Å². The Morgan fingerprint density at radius 2 is 1.81 bits per heavy atom. The number of thioether (sulfide) groups is 1. The third-order valence-electron chi connectivity index (χ3n) is 2.65. The lowest BCUT2D eigenvalue weighted by atomic mass is 10.2. The lowest BCUT2D eigenvalue weighted by Gasteiger charge is -2.18. The molecule has 0 saturated carbocycles. The minimum atomic E-state index is 1.14. The predicted octanol–water partition coefficient (Wildman–Crippen LogP) is 3.65. The van der Waals surface area contributed by atoms with Crippen molar-refractivity contribution in [2.45, 2.75) is 26.0 Å². The highest BCUT2D eigenvalue weighted by Gasteiger charge is 2.00. The lowest BCUT2D eigenvalue weighted by Crippen LogP contribution is -2.26. The van der Waals surface area contributed by atoms with Gasteiger partial charge in [-0.2, -0.15) is 11.8 Å². The second-order valence-electron chi connectivity index (χ2n) is 3.97. The Kier molecular flexibility index (Phi) is 7.35. The second kappa shape index (κ2) is 8.66. The Labute approximate surface area is 104 Å². The fraction of sp³-hybridized carbons (Fsp3) is 0.571. The standard InChI is InChI=1S/C14H23NS/c1-3-10-15(4-2)11-12-16-13-14-8-6-5-7-9-14/h5-9H,3-4,10-13H2,1-2H3. The van der Waals surface area contributed by atoms with Crippen LogP contribution < -0.4 is 0 Å². The van der Waals surface area contributed by atoms with Gasteiger partial charge in [-0.25, -0.2) is 0 Å². The summed E-state index contributed by atoms with van der Waals surface area (Å²) in [6, 6.07) is 10.7. The van der Waals surface area contributed by atoms with Crippen molar-refractivity contribution in [1.82, 2.24) is 4.90 Å². The molecule has 0 saturated heterocycles. The Balaban J connectivity index is 2.11. The Morgan fingerprint density at radius 1 is 1.06 bits per heavy atom. The van der Waals surface area contributed by atoms with Gasteiger partial charge in [0.2, 0.25) is 0 Å². The zero-order chi connectivity index (χ0) is 11.6. The molecule has 0 fully saturated rings. The first-order valence-corrected chi connectivity index (χ1v) is 7.36. The Morgan fingerprint density at radius 3 is 2.44 bits per heavy atom. The van der Waals surface area contributed by atoms with Gasteiger partial charge >= 0.3 is 0 Å². The van der Waals surface area contributed by atoms with Gasteiger partial charge in [0.15, 0.2) is 0 Å². The maximum atomic E-state index is 2.53. The van der Waals surface area contributed by atoms with Crippen molar-refractivity contribution in [3.63, 3.8) is 0 Å². The summed E-state index contributed by atoms with van der Waals surface area (Å²) in [7, 11) is 0. The van der Waals surface area contributed by atoms with Gasteiger partial charge in [-0.3, -0.25) is 0 Å². The van der Waals surface area contributed by atoms with E-state index in [2.05, 4.69) is 49.1 Å². The molecule has 0 aliphatic rings. The topological polar surface area (TPSA) is 3.24 Å². The highest BCUT2D eigenvalue weighted by molar-refractivity contribution is 7.98. The molecule has 90 valence electrons. The monoisotopic (exact) mass is 237 g/mol. The molecule has 0 radical (unpaired) electrons. The third kappa shape index (κ3) is 5.57. The smallest absolute Gasteiger partial charge is 0.0185 e. The summed E-state index contributed by atoms with van der Waals surface area (Å²) < 4.78 is 0. The Bertz CT molecular complexity index is 261. The second-order valence-corrected chi connectivity index (χ2v) is 5.08. The minimum Gasteiger partial charge on any atom is -0.303 e. The fourth-order valence-electron chi connectivity index (χ4n) is 1.70. The molecule has 0 aromatic heterocycles. The van der Waals surface area contributed by atoms with Crippen LogP contribution in [0.25, 0.3) is 0 Å².